The molecule has 1 unspecified atom stereocenters. The minimum absolute atomic E-state index is 0.000351. The van der Waals surface area contributed by atoms with Crippen LogP contribution in [0.3, 0.4) is 0 Å². The number of amidine groups is 1. The number of rotatable bonds is 3. The first-order valence-electron chi connectivity index (χ1n) is 8.46. The van der Waals surface area contributed by atoms with Gasteiger partial charge in [-0.2, -0.15) is 8.42 Å². The smallest absolute Gasteiger partial charge is 0.285 e. The number of sulfonamides is 1. The minimum atomic E-state index is -3.68. The number of fused-ring (bicyclic) bond motifs is 1. The summed E-state index contributed by atoms with van der Waals surface area (Å²) in [4.78, 5) is 17.9. The Morgan fingerprint density at radius 1 is 1.31 bits per heavy atom. The van der Waals surface area contributed by atoms with Crippen LogP contribution in [0.5, 0.6) is 0 Å². The predicted octanol–water partition coefficient (Wildman–Crippen LogP) is 2.32. The van der Waals surface area contributed by atoms with Crippen LogP contribution < -0.4 is 0 Å². The van der Waals surface area contributed by atoms with Crippen molar-refractivity contribution >= 4 is 33.1 Å². The highest BCUT2D eigenvalue weighted by Gasteiger charge is 2.40. The lowest BCUT2D eigenvalue weighted by Crippen LogP contribution is -2.46. The molecule has 1 aromatic heterocycles. The third-order valence-corrected chi connectivity index (χ3v) is 6.96. The molecule has 136 valence electrons. The Bertz CT molecular complexity index is 967. The molecule has 1 aromatic carbocycles. The summed E-state index contributed by atoms with van der Waals surface area (Å²) in [5.41, 5.74) is 0.591. The van der Waals surface area contributed by atoms with Gasteiger partial charge in [-0.15, -0.1) is 15.7 Å². The lowest BCUT2D eigenvalue weighted by molar-refractivity contribution is -0.134. The van der Waals surface area contributed by atoms with Crippen molar-refractivity contribution in [3.05, 3.63) is 52.2 Å². The Kier molecular flexibility index (Phi) is 4.32. The van der Waals surface area contributed by atoms with Crippen molar-refractivity contribution in [2.75, 3.05) is 13.6 Å². The molecule has 1 saturated heterocycles. The summed E-state index contributed by atoms with van der Waals surface area (Å²) in [6.07, 6.45) is 1.54. The maximum absolute atomic E-state index is 13.0. The fraction of sp³-hybridized carbons (Fsp3) is 0.333. The van der Waals surface area contributed by atoms with Crippen molar-refractivity contribution in [1.29, 1.82) is 0 Å². The molecule has 1 amide bonds. The van der Waals surface area contributed by atoms with Gasteiger partial charge in [-0.25, -0.2) is 0 Å². The Balaban J connectivity index is 1.60. The van der Waals surface area contributed by atoms with Gasteiger partial charge in [0.15, 0.2) is 5.84 Å². The van der Waals surface area contributed by atoms with Gasteiger partial charge in [0.2, 0.25) is 5.91 Å². The molecular formula is C18H19N3O3S2. The number of carbonyl (C=O) groups is 1. The van der Waals surface area contributed by atoms with Gasteiger partial charge in [0, 0.05) is 24.0 Å². The van der Waals surface area contributed by atoms with Crippen LogP contribution >= 0.6 is 11.3 Å². The van der Waals surface area contributed by atoms with E-state index in [1.54, 1.807) is 47.5 Å². The van der Waals surface area contributed by atoms with Gasteiger partial charge in [-0.1, -0.05) is 18.2 Å². The first-order chi connectivity index (χ1) is 12.5. The summed E-state index contributed by atoms with van der Waals surface area (Å²) >= 11 is 1.62. The molecule has 2 aliphatic rings. The van der Waals surface area contributed by atoms with E-state index in [-0.39, 0.29) is 16.8 Å². The fourth-order valence-corrected chi connectivity index (χ4v) is 5.52. The summed E-state index contributed by atoms with van der Waals surface area (Å²) in [5, 5.41) is 1.99. The van der Waals surface area contributed by atoms with E-state index in [4.69, 9.17) is 0 Å². The minimum Gasteiger partial charge on any atom is -0.343 e. The molecule has 26 heavy (non-hydrogen) atoms. The Morgan fingerprint density at radius 2 is 2.12 bits per heavy atom. The number of amides is 1. The van der Waals surface area contributed by atoms with Crippen LogP contribution in [0.15, 0.2) is 51.1 Å². The molecule has 0 bridgehead atoms. The molecule has 1 fully saturated rings. The number of hydrogen-bond acceptors (Lipinski definition) is 5. The quantitative estimate of drug-likeness (QED) is 0.808. The highest BCUT2D eigenvalue weighted by molar-refractivity contribution is 7.90. The fourth-order valence-electron chi connectivity index (χ4n) is 3.54. The van der Waals surface area contributed by atoms with Gasteiger partial charge >= 0.3 is 0 Å². The maximum atomic E-state index is 13.0. The summed E-state index contributed by atoms with van der Waals surface area (Å²) in [6.45, 7) is 1.19. The van der Waals surface area contributed by atoms with E-state index >= 15 is 0 Å². The zero-order valence-electron chi connectivity index (χ0n) is 14.3. The summed E-state index contributed by atoms with van der Waals surface area (Å²) in [6, 6.07) is 10.4. The van der Waals surface area contributed by atoms with Crippen molar-refractivity contribution in [1.82, 2.24) is 9.80 Å². The molecule has 0 spiro atoms. The number of nitrogens with zero attached hydrogens (tertiary/aromatic N) is 3. The molecule has 6 nitrogen and oxygen atoms in total. The maximum Gasteiger partial charge on any atom is 0.285 e. The van der Waals surface area contributed by atoms with E-state index in [0.717, 1.165) is 11.3 Å². The van der Waals surface area contributed by atoms with Crippen LogP contribution in [-0.4, -0.2) is 49.6 Å². The van der Waals surface area contributed by atoms with Crippen LogP contribution in [0.1, 0.15) is 23.3 Å². The molecule has 8 heteroatoms. The lowest BCUT2D eigenvalue weighted by atomic mass is 10.1. The summed E-state index contributed by atoms with van der Waals surface area (Å²) < 4.78 is 28.7. The topological polar surface area (TPSA) is 70.1 Å². The van der Waals surface area contributed by atoms with Gasteiger partial charge < -0.3 is 9.80 Å². The van der Waals surface area contributed by atoms with Crippen LogP contribution in [0.2, 0.25) is 0 Å². The standard InChI is InChI=1S/C18H19N3O3S2/c1-20(12-13-6-5-11-25-13)18(22)15-8-4-10-21(15)17-14-7-2-3-9-16(14)26(23,24)19-17/h2-3,5-7,9,11,15H,4,8,10,12H2,1H3. The Labute approximate surface area is 156 Å². The second-order valence-electron chi connectivity index (χ2n) is 6.51. The van der Waals surface area contributed by atoms with Crippen LogP contribution in [-0.2, 0) is 21.4 Å². The average Bonchev–Trinajstić information content (AvgIpc) is 3.34. The second-order valence-corrected chi connectivity index (χ2v) is 9.12. The Morgan fingerprint density at radius 3 is 2.88 bits per heavy atom. The monoisotopic (exact) mass is 389 g/mol. The Hall–Kier alpha value is -2.19. The van der Waals surface area contributed by atoms with Gasteiger partial charge in [-0.3, -0.25) is 4.79 Å². The molecular weight excluding hydrogens is 370 g/mol. The molecule has 2 aromatic rings. The van der Waals surface area contributed by atoms with E-state index in [1.807, 2.05) is 22.4 Å². The zero-order valence-corrected chi connectivity index (χ0v) is 16.0. The first kappa shape index (κ1) is 17.2. The number of likely N-dealkylation sites (N-methyl/N-ethyl adjacent to an activating group) is 1. The largest absolute Gasteiger partial charge is 0.343 e. The van der Waals surface area contributed by atoms with Crippen molar-refractivity contribution in [3.8, 4) is 0 Å². The number of hydrogen-bond donors (Lipinski definition) is 0. The van der Waals surface area contributed by atoms with E-state index < -0.39 is 10.0 Å². The summed E-state index contributed by atoms with van der Waals surface area (Å²) in [7, 11) is -1.89. The van der Waals surface area contributed by atoms with Gasteiger partial charge in [-0.05, 0) is 36.4 Å². The summed E-state index contributed by atoms with van der Waals surface area (Å²) in [5.74, 6) is 0.404. The molecule has 0 saturated carbocycles. The normalized spacial score (nSPS) is 20.7. The van der Waals surface area contributed by atoms with Crippen LogP contribution in [0.4, 0.5) is 0 Å². The molecule has 0 aliphatic carbocycles. The zero-order chi connectivity index (χ0) is 18.3. The lowest BCUT2D eigenvalue weighted by Gasteiger charge is -2.29. The van der Waals surface area contributed by atoms with Crippen molar-refractivity contribution in [3.63, 3.8) is 0 Å². The van der Waals surface area contributed by atoms with E-state index in [0.29, 0.717) is 30.9 Å². The highest BCUT2D eigenvalue weighted by atomic mass is 32.2. The van der Waals surface area contributed by atoms with Crippen molar-refractivity contribution < 1.29 is 13.2 Å². The van der Waals surface area contributed by atoms with Crippen LogP contribution in [0, 0.1) is 0 Å². The molecule has 4 rings (SSSR count). The van der Waals surface area contributed by atoms with Crippen molar-refractivity contribution in [2.24, 2.45) is 4.40 Å². The number of carbonyl (C=O) groups excluding carboxylic acids is 1. The molecule has 3 heterocycles. The van der Waals surface area contributed by atoms with Gasteiger partial charge in [0.05, 0.1) is 6.54 Å². The van der Waals surface area contributed by atoms with Crippen LogP contribution in [0.25, 0.3) is 0 Å². The first-order valence-corrected chi connectivity index (χ1v) is 10.8. The third-order valence-electron chi connectivity index (χ3n) is 4.77. The molecule has 1 atom stereocenters. The molecule has 0 radical (unpaired) electrons. The number of likely N-dealkylation sites (tertiary alicyclic amines) is 1. The second kappa shape index (κ2) is 6.51. The van der Waals surface area contributed by atoms with Crippen molar-refractivity contribution in [2.45, 2.75) is 30.3 Å². The van der Waals surface area contributed by atoms with Gasteiger partial charge in [0.1, 0.15) is 10.9 Å². The van der Waals surface area contributed by atoms with E-state index in [1.165, 1.54) is 0 Å². The third kappa shape index (κ3) is 2.93. The van der Waals surface area contributed by atoms with E-state index in [2.05, 4.69) is 4.40 Å². The van der Waals surface area contributed by atoms with Gasteiger partial charge in [0.25, 0.3) is 10.0 Å². The average molecular weight is 390 g/mol. The molecule has 2 aliphatic heterocycles. The number of benzene rings is 1. The molecule has 0 N–H and O–H groups in total. The number of thiophene rings is 1. The predicted molar refractivity (Wildman–Crippen MR) is 101 cm³/mol. The highest BCUT2D eigenvalue weighted by Crippen LogP contribution is 2.31. The SMILES string of the molecule is CN(Cc1cccs1)C(=O)C1CCCN1C1=NS(=O)(=O)c2ccccc21. The van der Waals surface area contributed by atoms with E-state index in [9.17, 15) is 13.2 Å².